The number of benzene rings is 3. The molecule has 2 aromatic rings. The predicted molar refractivity (Wildman–Crippen MR) is 92.1 cm³/mol. The fraction of sp³-hybridized carbons (Fsp3) is 0.0526. The topological polar surface area (TPSA) is 104 Å². The van der Waals surface area contributed by atoms with Crippen LogP contribution in [0.1, 0.15) is 5.56 Å². The highest BCUT2D eigenvalue weighted by molar-refractivity contribution is 5.89. The third kappa shape index (κ3) is 2.44. The summed E-state index contributed by atoms with van der Waals surface area (Å²) in [6.07, 6.45) is 0. The standard InChI is InChI=1S/C19H13NO5/c1-9-4-11(22)5-16(24)19(9)12-7-14-18(8-15(12)23)25-17-6-10(21)2-3-13(17)20-14/h2-8,22-24H,1H3. The summed E-state index contributed by atoms with van der Waals surface area (Å²) in [7, 11) is 0. The van der Waals surface area contributed by atoms with Gasteiger partial charge in [-0.15, -0.1) is 0 Å². The van der Waals surface area contributed by atoms with Crippen molar-refractivity contribution in [3.8, 4) is 39.8 Å². The Morgan fingerprint density at radius 1 is 0.960 bits per heavy atom. The normalized spacial score (nSPS) is 11.2. The molecule has 0 unspecified atom stereocenters. The second kappa shape index (κ2) is 5.24. The first kappa shape index (κ1) is 15.0. The van der Waals surface area contributed by atoms with E-state index in [1.807, 2.05) is 0 Å². The summed E-state index contributed by atoms with van der Waals surface area (Å²) >= 11 is 0. The Kier molecular flexibility index (Phi) is 3.15. The van der Waals surface area contributed by atoms with Gasteiger partial charge in [0.25, 0.3) is 0 Å². The van der Waals surface area contributed by atoms with Gasteiger partial charge in [0, 0.05) is 29.3 Å². The molecule has 0 saturated carbocycles. The zero-order chi connectivity index (χ0) is 17.7. The lowest BCUT2D eigenvalue weighted by Gasteiger charge is -2.13. The Bertz CT molecular complexity index is 1140. The van der Waals surface area contributed by atoms with E-state index >= 15 is 0 Å². The fourth-order valence-electron chi connectivity index (χ4n) is 2.94. The van der Waals surface area contributed by atoms with Crippen molar-refractivity contribution in [3.63, 3.8) is 0 Å². The third-order valence-electron chi connectivity index (χ3n) is 4.04. The van der Waals surface area contributed by atoms with Gasteiger partial charge in [0.1, 0.15) is 28.5 Å². The molecule has 1 heterocycles. The summed E-state index contributed by atoms with van der Waals surface area (Å²) in [4.78, 5) is 15.9. The van der Waals surface area contributed by atoms with Gasteiger partial charge in [-0.2, -0.15) is 0 Å². The minimum absolute atomic E-state index is 0.0634. The van der Waals surface area contributed by atoms with Crippen LogP contribution in [0.25, 0.3) is 33.7 Å². The molecule has 2 aromatic carbocycles. The maximum Gasteiger partial charge on any atom is 0.182 e. The highest BCUT2D eigenvalue weighted by Gasteiger charge is 2.17. The van der Waals surface area contributed by atoms with E-state index in [0.717, 1.165) is 0 Å². The quantitative estimate of drug-likeness (QED) is 0.461. The largest absolute Gasteiger partial charge is 0.508 e. The van der Waals surface area contributed by atoms with Crippen LogP contribution in [0.2, 0.25) is 0 Å². The van der Waals surface area contributed by atoms with E-state index in [1.165, 1.54) is 30.3 Å². The van der Waals surface area contributed by atoms with Crippen molar-refractivity contribution in [2.45, 2.75) is 6.92 Å². The van der Waals surface area contributed by atoms with Crippen molar-refractivity contribution in [1.82, 2.24) is 4.98 Å². The van der Waals surface area contributed by atoms with Crippen LogP contribution in [0, 0.1) is 6.92 Å². The number of hydrogen-bond acceptors (Lipinski definition) is 6. The average Bonchev–Trinajstić information content (AvgIpc) is 2.52. The molecule has 25 heavy (non-hydrogen) atoms. The number of fused-ring (bicyclic) bond motifs is 2. The molecule has 0 amide bonds. The molecule has 0 radical (unpaired) electrons. The Labute approximate surface area is 141 Å². The molecular formula is C19H13NO5. The first-order chi connectivity index (χ1) is 11.9. The lowest BCUT2D eigenvalue weighted by Crippen LogP contribution is -1.99. The number of nitrogens with zero attached hydrogens (tertiary/aromatic N) is 1. The molecule has 0 aromatic heterocycles. The Hall–Kier alpha value is -3.54. The monoisotopic (exact) mass is 335 g/mol. The number of hydrogen-bond donors (Lipinski definition) is 3. The zero-order valence-corrected chi connectivity index (χ0v) is 13.1. The smallest absolute Gasteiger partial charge is 0.182 e. The van der Waals surface area contributed by atoms with E-state index in [2.05, 4.69) is 4.98 Å². The molecule has 6 heteroatoms. The SMILES string of the molecule is Cc1cc(O)cc(O)c1-c1cc2nc3ccc(=O)cc-3oc2cc1O. The number of phenolic OH excluding ortho intramolecular Hbond substituents is 3. The van der Waals surface area contributed by atoms with E-state index in [1.54, 1.807) is 19.1 Å². The molecule has 3 N–H and O–H groups in total. The van der Waals surface area contributed by atoms with Crippen LogP contribution in [0.4, 0.5) is 0 Å². The van der Waals surface area contributed by atoms with Crippen LogP contribution in [0.3, 0.4) is 0 Å². The van der Waals surface area contributed by atoms with E-state index in [0.29, 0.717) is 39.2 Å². The summed E-state index contributed by atoms with van der Waals surface area (Å²) < 4.78 is 5.65. The van der Waals surface area contributed by atoms with Crippen molar-refractivity contribution in [2.75, 3.05) is 0 Å². The van der Waals surface area contributed by atoms with Crippen LogP contribution >= 0.6 is 0 Å². The second-order valence-electron chi connectivity index (χ2n) is 5.84. The van der Waals surface area contributed by atoms with Crippen LogP contribution in [0.5, 0.6) is 17.2 Å². The van der Waals surface area contributed by atoms with E-state index < -0.39 is 0 Å². The van der Waals surface area contributed by atoms with Gasteiger partial charge in [0.2, 0.25) is 0 Å². The first-order valence-corrected chi connectivity index (χ1v) is 7.53. The van der Waals surface area contributed by atoms with Crippen molar-refractivity contribution in [2.24, 2.45) is 0 Å². The summed E-state index contributed by atoms with van der Waals surface area (Å²) in [5.74, 6) is 0.00280. The van der Waals surface area contributed by atoms with Gasteiger partial charge in [0.05, 0.1) is 0 Å². The Morgan fingerprint density at radius 2 is 1.76 bits per heavy atom. The minimum atomic E-state index is -0.192. The fourth-order valence-corrected chi connectivity index (χ4v) is 2.94. The number of aromatic nitrogens is 1. The molecule has 0 atom stereocenters. The maximum absolute atomic E-state index is 11.4. The van der Waals surface area contributed by atoms with Crippen molar-refractivity contribution in [1.29, 1.82) is 0 Å². The van der Waals surface area contributed by atoms with Gasteiger partial charge >= 0.3 is 0 Å². The molecular weight excluding hydrogens is 322 g/mol. The van der Waals surface area contributed by atoms with E-state index in [9.17, 15) is 20.1 Å². The lowest BCUT2D eigenvalue weighted by molar-refractivity contribution is 0.449. The zero-order valence-electron chi connectivity index (χ0n) is 13.1. The summed E-state index contributed by atoms with van der Waals surface area (Å²) in [6, 6.07) is 9.98. The molecule has 0 spiro atoms. The molecule has 2 aliphatic rings. The third-order valence-corrected chi connectivity index (χ3v) is 4.04. The highest BCUT2D eigenvalue weighted by Crippen LogP contribution is 2.42. The number of phenols is 3. The van der Waals surface area contributed by atoms with E-state index in [-0.39, 0.29) is 22.7 Å². The van der Waals surface area contributed by atoms with Crippen molar-refractivity contribution < 1.29 is 19.7 Å². The van der Waals surface area contributed by atoms with Gasteiger partial charge in [-0.3, -0.25) is 4.79 Å². The van der Waals surface area contributed by atoms with Crippen LogP contribution < -0.4 is 5.43 Å². The van der Waals surface area contributed by atoms with Gasteiger partial charge in [-0.1, -0.05) is 0 Å². The molecule has 124 valence electrons. The van der Waals surface area contributed by atoms with Crippen LogP contribution in [0.15, 0.2) is 51.7 Å². The van der Waals surface area contributed by atoms with Gasteiger partial charge < -0.3 is 19.7 Å². The summed E-state index contributed by atoms with van der Waals surface area (Å²) in [5.41, 5.74) is 2.46. The van der Waals surface area contributed by atoms with Gasteiger partial charge in [-0.05, 0) is 36.8 Å². The van der Waals surface area contributed by atoms with Crippen LogP contribution in [-0.2, 0) is 0 Å². The first-order valence-electron chi connectivity index (χ1n) is 7.53. The predicted octanol–water partition coefficient (Wildman–Crippen LogP) is 3.39. The number of aryl methyl sites for hydroxylation is 1. The Balaban J connectivity index is 2.03. The van der Waals surface area contributed by atoms with Crippen molar-refractivity contribution in [3.05, 3.63) is 58.3 Å². The van der Waals surface area contributed by atoms with Crippen molar-refractivity contribution >= 4 is 11.1 Å². The summed E-state index contributed by atoms with van der Waals surface area (Å²) in [5, 5.41) is 30.1. The van der Waals surface area contributed by atoms with Gasteiger partial charge in [-0.25, -0.2) is 4.98 Å². The molecule has 4 rings (SSSR count). The molecule has 1 aliphatic heterocycles. The molecule has 6 nitrogen and oxygen atoms in total. The van der Waals surface area contributed by atoms with E-state index in [4.69, 9.17) is 4.42 Å². The maximum atomic E-state index is 11.4. The lowest BCUT2D eigenvalue weighted by atomic mass is 9.97. The second-order valence-corrected chi connectivity index (χ2v) is 5.84. The number of rotatable bonds is 1. The molecule has 0 fully saturated rings. The average molecular weight is 335 g/mol. The summed E-state index contributed by atoms with van der Waals surface area (Å²) in [6.45, 7) is 1.71. The Morgan fingerprint density at radius 3 is 2.52 bits per heavy atom. The minimum Gasteiger partial charge on any atom is -0.508 e. The molecule has 1 aliphatic carbocycles. The number of aromatic hydroxyl groups is 3. The molecule has 0 bridgehead atoms. The molecule has 0 saturated heterocycles. The highest BCUT2D eigenvalue weighted by atomic mass is 16.3. The van der Waals surface area contributed by atoms with Crippen LogP contribution in [-0.4, -0.2) is 20.3 Å². The van der Waals surface area contributed by atoms with Gasteiger partial charge in [0.15, 0.2) is 16.8 Å².